The van der Waals surface area contributed by atoms with Gasteiger partial charge in [-0.05, 0) is 19.6 Å². The highest BCUT2D eigenvalue weighted by atomic mass is 28.4. The van der Waals surface area contributed by atoms with Crippen molar-refractivity contribution in [2.45, 2.75) is 19.6 Å². The molecule has 0 fully saturated rings. The molecule has 1 rings (SSSR count). The van der Waals surface area contributed by atoms with Gasteiger partial charge in [-0.1, -0.05) is 0 Å². The Morgan fingerprint density at radius 3 is 2.60 bits per heavy atom. The number of nitrogens with one attached hydrogen (secondary N) is 1. The lowest BCUT2D eigenvalue weighted by Gasteiger charge is -2.18. The second-order valence-electron chi connectivity index (χ2n) is 3.33. The van der Waals surface area contributed by atoms with Crippen LogP contribution in [-0.2, 0) is 4.43 Å². The first-order valence-electron chi connectivity index (χ1n) is 3.55. The maximum Gasteiger partial charge on any atom is 0.270 e. The molecule has 0 unspecified atom stereocenters. The fraction of sp³-hybridized carbons (Fsp3) is 0.833. The van der Waals surface area contributed by atoms with E-state index in [1.807, 2.05) is 0 Å². The third-order valence-electron chi connectivity index (χ3n) is 1.05. The van der Waals surface area contributed by atoms with Crippen LogP contribution in [0.4, 0.5) is 0 Å². The topological polar surface area (TPSA) is 33.6 Å². The Labute approximate surface area is 62.6 Å². The first-order valence-corrected chi connectivity index (χ1v) is 6.96. The van der Waals surface area contributed by atoms with Crippen molar-refractivity contribution >= 4 is 14.3 Å². The molecule has 0 bridgehead atoms. The summed E-state index contributed by atoms with van der Waals surface area (Å²) in [5.74, 6) is 0. The molecule has 1 aliphatic rings. The molecule has 0 saturated carbocycles. The number of hydrogen-bond donors (Lipinski definition) is 1. The van der Waals surface area contributed by atoms with Crippen molar-refractivity contribution in [3.63, 3.8) is 0 Å². The average Bonchev–Trinajstić information content (AvgIpc) is 2.12. The molecule has 10 heavy (non-hydrogen) atoms. The minimum atomic E-state index is -1.42. The number of aliphatic imine (C=N–C) groups is 1. The van der Waals surface area contributed by atoms with E-state index in [1.54, 1.807) is 0 Å². The highest BCUT2D eigenvalue weighted by Crippen LogP contribution is 2.03. The Kier molecular flexibility index (Phi) is 1.99. The van der Waals surface area contributed by atoms with Crippen LogP contribution < -0.4 is 5.32 Å². The van der Waals surface area contributed by atoms with E-state index in [2.05, 4.69) is 30.0 Å². The predicted molar refractivity (Wildman–Crippen MR) is 44.7 cm³/mol. The van der Waals surface area contributed by atoms with Gasteiger partial charge in [-0.25, -0.2) is 4.99 Å². The molecule has 0 saturated heterocycles. The molecule has 0 spiro atoms. The normalized spacial score (nSPS) is 18.1. The van der Waals surface area contributed by atoms with Crippen molar-refractivity contribution in [3.8, 4) is 0 Å². The van der Waals surface area contributed by atoms with Crippen molar-refractivity contribution in [3.05, 3.63) is 0 Å². The van der Waals surface area contributed by atoms with Gasteiger partial charge in [-0.2, -0.15) is 0 Å². The van der Waals surface area contributed by atoms with Crippen molar-refractivity contribution < 1.29 is 4.43 Å². The molecule has 0 aromatic carbocycles. The number of rotatable bonds is 1. The summed E-state index contributed by atoms with van der Waals surface area (Å²) in [4.78, 5) is 4.14. The van der Waals surface area contributed by atoms with Gasteiger partial charge in [0, 0.05) is 6.54 Å². The molecule has 0 aliphatic carbocycles. The molecular weight excluding hydrogens is 144 g/mol. The van der Waals surface area contributed by atoms with Crippen LogP contribution in [0.25, 0.3) is 0 Å². The Morgan fingerprint density at radius 1 is 1.50 bits per heavy atom. The van der Waals surface area contributed by atoms with Gasteiger partial charge in [0.1, 0.15) is 0 Å². The maximum atomic E-state index is 5.58. The first kappa shape index (κ1) is 7.59. The van der Waals surface area contributed by atoms with Crippen molar-refractivity contribution in [1.82, 2.24) is 5.32 Å². The predicted octanol–water partition coefficient (Wildman–Crippen LogP) is 0.797. The fourth-order valence-electron chi connectivity index (χ4n) is 0.735. The van der Waals surface area contributed by atoms with Crippen LogP contribution in [0.3, 0.4) is 0 Å². The van der Waals surface area contributed by atoms with Gasteiger partial charge in [0.25, 0.3) is 6.02 Å². The van der Waals surface area contributed by atoms with Crippen LogP contribution in [0.15, 0.2) is 4.99 Å². The van der Waals surface area contributed by atoms with E-state index in [-0.39, 0.29) is 0 Å². The molecule has 3 nitrogen and oxygen atoms in total. The van der Waals surface area contributed by atoms with E-state index < -0.39 is 8.32 Å². The van der Waals surface area contributed by atoms with Gasteiger partial charge in [0.15, 0.2) is 0 Å². The average molecular weight is 158 g/mol. The van der Waals surface area contributed by atoms with Gasteiger partial charge < -0.3 is 9.74 Å². The van der Waals surface area contributed by atoms with Gasteiger partial charge >= 0.3 is 0 Å². The number of hydrogen-bond acceptors (Lipinski definition) is 3. The van der Waals surface area contributed by atoms with Crippen LogP contribution in [0, 0.1) is 0 Å². The molecule has 4 heteroatoms. The molecule has 0 radical (unpaired) electrons. The quantitative estimate of drug-likeness (QED) is 0.573. The van der Waals surface area contributed by atoms with E-state index in [9.17, 15) is 0 Å². The van der Waals surface area contributed by atoms with Crippen molar-refractivity contribution in [2.24, 2.45) is 4.99 Å². The highest BCUT2D eigenvalue weighted by molar-refractivity contribution is 6.71. The summed E-state index contributed by atoms with van der Waals surface area (Å²) < 4.78 is 5.58. The van der Waals surface area contributed by atoms with E-state index >= 15 is 0 Å². The van der Waals surface area contributed by atoms with Crippen molar-refractivity contribution in [1.29, 1.82) is 0 Å². The summed E-state index contributed by atoms with van der Waals surface area (Å²) in [6.45, 7) is 8.24. The minimum Gasteiger partial charge on any atom is -0.520 e. The van der Waals surface area contributed by atoms with Gasteiger partial charge in [-0.15, -0.1) is 0 Å². The first-order chi connectivity index (χ1) is 4.58. The zero-order valence-corrected chi connectivity index (χ0v) is 7.77. The lowest BCUT2D eigenvalue weighted by Crippen LogP contribution is -2.34. The van der Waals surface area contributed by atoms with Crippen LogP contribution in [0.2, 0.25) is 19.6 Å². The second kappa shape index (κ2) is 2.62. The van der Waals surface area contributed by atoms with E-state index in [0.29, 0.717) is 0 Å². The molecule has 0 aromatic rings. The standard InChI is InChI=1S/C6H14N2OSi/c1-10(2,3)9-6-7-4-5-8-6/h4-5H2,1-3H3,(H,7,8). The van der Waals surface area contributed by atoms with Gasteiger partial charge in [-0.3, -0.25) is 0 Å². The van der Waals surface area contributed by atoms with Crippen molar-refractivity contribution in [2.75, 3.05) is 13.1 Å². The molecule has 1 heterocycles. The summed E-state index contributed by atoms with van der Waals surface area (Å²) in [7, 11) is -1.42. The SMILES string of the molecule is C[Si](C)(C)OC1=NCCN1. The summed E-state index contributed by atoms with van der Waals surface area (Å²) in [5, 5.41) is 3.08. The van der Waals surface area contributed by atoms with Gasteiger partial charge in [0.05, 0.1) is 6.54 Å². The minimum absolute atomic E-state index is 0.749. The Morgan fingerprint density at radius 2 is 2.20 bits per heavy atom. The third kappa shape index (κ3) is 2.39. The summed E-state index contributed by atoms with van der Waals surface area (Å²) >= 11 is 0. The maximum absolute atomic E-state index is 5.58. The Bertz CT molecular complexity index is 150. The largest absolute Gasteiger partial charge is 0.520 e. The Balaban J connectivity index is 2.38. The van der Waals surface area contributed by atoms with Crippen LogP contribution >= 0.6 is 0 Å². The Hall–Kier alpha value is -0.513. The van der Waals surface area contributed by atoms with Crippen LogP contribution in [0.1, 0.15) is 0 Å². The number of amidine groups is 1. The molecular formula is C6H14N2OSi. The molecule has 1 N–H and O–H groups in total. The lowest BCUT2D eigenvalue weighted by atomic mass is 10.7. The highest BCUT2D eigenvalue weighted by Gasteiger charge is 2.19. The molecule has 0 aromatic heterocycles. The van der Waals surface area contributed by atoms with Crippen LogP contribution in [-0.4, -0.2) is 27.4 Å². The van der Waals surface area contributed by atoms with Crippen LogP contribution in [0.5, 0.6) is 0 Å². The lowest BCUT2D eigenvalue weighted by molar-refractivity contribution is 0.530. The molecule has 1 aliphatic heterocycles. The molecule has 0 amide bonds. The monoisotopic (exact) mass is 158 g/mol. The third-order valence-corrected chi connectivity index (χ3v) is 1.85. The van der Waals surface area contributed by atoms with Gasteiger partial charge in [0.2, 0.25) is 8.32 Å². The van der Waals surface area contributed by atoms with E-state index in [4.69, 9.17) is 4.43 Å². The molecule has 58 valence electrons. The fourth-order valence-corrected chi connectivity index (χ4v) is 1.45. The van der Waals surface area contributed by atoms with E-state index in [1.165, 1.54) is 0 Å². The summed E-state index contributed by atoms with van der Waals surface area (Å²) in [6.07, 6.45) is 0. The zero-order chi connectivity index (χ0) is 7.61. The summed E-state index contributed by atoms with van der Waals surface area (Å²) in [6, 6.07) is 0.749. The number of nitrogens with zero attached hydrogens (tertiary/aromatic N) is 1. The zero-order valence-electron chi connectivity index (χ0n) is 6.77. The molecule has 0 atom stereocenters. The second-order valence-corrected chi connectivity index (χ2v) is 7.76. The summed E-state index contributed by atoms with van der Waals surface area (Å²) in [5.41, 5.74) is 0. The smallest absolute Gasteiger partial charge is 0.270 e. The van der Waals surface area contributed by atoms with E-state index in [0.717, 1.165) is 19.1 Å².